The summed E-state index contributed by atoms with van der Waals surface area (Å²) in [7, 11) is 0. The number of carboxylic acid groups (broad SMARTS) is 1. The van der Waals surface area contributed by atoms with Crippen LogP contribution in [0.2, 0.25) is 0 Å². The van der Waals surface area contributed by atoms with Crippen LogP contribution in [0.25, 0.3) is 5.69 Å². The zero-order chi connectivity index (χ0) is 19.6. The van der Waals surface area contributed by atoms with Gasteiger partial charge in [0.05, 0.1) is 17.9 Å². The third-order valence-electron chi connectivity index (χ3n) is 3.88. The smallest absolute Gasteiger partial charge is 0.356 e. The Morgan fingerprint density at radius 3 is 2.52 bits per heavy atom. The van der Waals surface area contributed by atoms with Gasteiger partial charge in [-0.1, -0.05) is 39.0 Å². The van der Waals surface area contributed by atoms with E-state index in [9.17, 15) is 14.7 Å². The van der Waals surface area contributed by atoms with E-state index in [1.807, 2.05) is 11.4 Å². The molecule has 0 aliphatic carbocycles. The number of nitrogens with zero attached hydrogens (tertiary/aromatic N) is 3. The number of hydrogen-bond acceptors (Lipinski definition) is 5. The fraction of sp³-hybridized carbons (Fsp3) is 0.263. The Hall–Kier alpha value is -3.00. The molecule has 2 N–H and O–H groups in total. The summed E-state index contributed by atoms with van der Waals surface area (Å²) in [6.07, 6.45) is 0. The number of carbonyl (C=O) groups is 2. The number of aromatic carboxylic acids is 1. The lowest BCUT2D eigenvalue weighted by Crippen LogP contribution is -2.25. The quantitative estimate of drug-likeness (QED) is 0.704. The number of para-hydroxylation sites is 1. The van der Waals surface area contributed by atoms with Gasteiger partial charge in [0.15, 0.2) is 5.69 Å². The van der Waals surface area contributed by atoms with Gasteiger partial charge in [-0.2, -0.15) is 5.10 Å². The average Bonchev–Trinajstić information content (AvgIpc) is 3.27. The van der Waals surface area contributed by atoms with Crippen LogP contribution in [0.1, 0.15) is 52.4 Å². The number of carboxylic acids is 1. The lowest BCUT2D eigenvalue weighted by atomic mass is 9.93. The molecule has 0 saturated heterocycles. The zero-order valence-electron chi connectivity index (χ0n) is 15.3. The van der Waals surface area contributed by atoms with Gasteiger partial charge < -0.3 is 10.4 Å². The lowest BCUT2D eigenvalue weighted by molar-refractivity contribution is 0.0689. The van der Waals surface area contributed by atoms with Crippen LogP contribution in [0.15, 0.2) is 41.8 Å². The minimum atomic E-state index is -1.19. The van der Waals surface area contributed by atoms with Crippen molar-refractivity contribution in [3.05, 3.63) is 63.9 Å². The minimum absolute atomic E-state index is 0.0545. The molecule has 0 radical (unpaired) electrons. The first-order valence-corrected chi connectivity index (χ1v) is 9.25. The summed E-state index contributed by atoms with van der Waals surface area (Å²) in [6.45, 7) is 6.50. The molecule has 0 unspecified atom stereocenters. The SMILES string of the molecule is CC(C)(C)c1csc(CNC(=O)c2cc(C(=O)O)nn2-c2ccccc2)n1. The largest absolute Gasteiger partial charge is 0.476 e. The van der Waals surface area contributed by atoms with Gasteiger partial charge in [0.25, 0.3) is 5.91 Å². The van der Waals surface area contributed by atoms with E-state index in [2.05, 4.69) is 36.2 Å². The van der Waals surface area contributed by atoms with Crippen molar-refractivity contribution < 1.29 is 14.7 Å². The Kier molecular flexibility index (Phi) is 5.09. The summed E-state index contributed by atoms with van der Waals surface area (Å²) in [6, 6.07) is 10.2. The van der Waals surface area contributed by atoms with Crippen LogP contribution < -0.4 is 5.32 Å². The highest BCUT2D eigenvalue weighted by molar-refractivity contribution is 7.09. The van der Waals surface area contributed by atoms with Gasteiger partial charge in [-0.25, -0.2) is 14.5 Å². The Morgan fingerprint density at radius 2 is 1.93 bits per heavy atom. The molecule has 3 aromatic rings. The van der Waals surface area contributed by atoms with Crippen molar-refractivity contribution in [3.8, 4) is 5.69 Å². The van der Waals surface area contributed by atoms with Crippen molar-refractivity contribution in [2.75, 3.05) is 0 Å². The second kappa shape index (κ2) is 7.32. The normalized spacial score (nSPS) is 11.4. The van der Waals surface area contributed by atoms with Crippen LogP contribution in [0, 0.1) is 0 Å². The molecule has 0 atom stereocenters. The summed E-state index contributed by atoms with van der Waals surface area (Å²) >= 11 is 1.48. The predicted octanol–water partition coefficient (Wildman–Crippen LogP) is 3.25. The molecule has 1 aromatic carbocycles. The minimum Gasteiger partial charge on any atom is -0.476 e. The van der Waals surface area contributed by atoms with Gasteiger partial charge in [0.2, 0.25) is 0 Å². The molecular formula is C19H20N4O3S. The van der Waals surface area contributed by atoms with Gasteiger partial charge >= 0.3 is 5.97 Å². The number of aromatic nitrogens is 3. The van der Waals surface area contributed by atoms with Crippen molar-refractivity contribution >= 4 is 23.2 Å². The Labute approximate surface area is 160 Å². The van der Waals surface area contributed by atoms with E-state index in [0.717, 1.165) is 10.7 Å². The molecule has 0 aliphatic rings. The first-order valence-electron chi connectivity index (χ1n) is 8.37. The number of rotatable bonds is 5. The molecule has 0 bridgehead atoms. The highest BCUT2D eigenvalue weighted by Gasteiger charge is 2.21. The molecule has 0 aliphatic heterocycles. The van der Waals surface area contributed by atoms with E-state index < -0.39 is 11.9 Å². The maximum absolute atomic E-state index is 12.7. The predicted molar refractivity (Wildman–Crippen MR) is 103 cm³/mol. The van der Waals surface area contributed by atoms with Gasteiger partial charge in [-0.3, -0.25) is 4.79 Å². The average molecular weight is 384 g/mol. The molecule has 7 nitrogen and oxygen atoms in total. The molecule has 0 fully saturated rings. The number of carbonyl (C=O) groups excluding carboxylic acids is 1. The highest BCUT2D eigenvalue weighted by atomic mass is 32.1. The van der Waals surface area contributed by atoms with Crippen LogP contribution in [0.3, 0.4) is 0 Å². The van der Waals surface area contributed by atoms with Crippen molar-refractivity contribution in [1.29, 1.82) is 0 Å². The maximum atomic E-state index is 12.7. The van der Waals surface area contributed by atoms with Gasteiger partial charge in [0.1, 0.15) is 10.7 Å². The molecule has 2 heterocycles. The molecule has 3 rings (SSSR count). The molecule has 0 saturated carbocycles. The summed E-state index contributed by atoms with van der Waals surface area (Å²) < 4.78 is 1.33. The van der Waals surface area contributed by atoms with Crippen LogP contribution in [0.5, 0.6) is 0 Å². The second-order valence-corrected chi connectivity index (χ2v) is 7.97. The van der Waals surface area contributed by atoms with Gasteiger partial charge in [-0.15, -0.1) is 11.3 Å². The first-order chi connectivity index (χ1) is 12.8. The molecule has 2 aromatic heterocycles. The monoisotopic (exact) mass is 384 g/mol. The van der Waals surface area contributed by atoms with Crippen molar-refractivity contribution in [1.82, 2.24) is 20.1 Å². The van der Waals surface area contributed by atoms with E-state index in [1.165, 1.54) is 22.1 Å². The van der Waals surface area contributed by atoms with Crippen molar-refractivity contribution in [2.24, 2.45) is 0 Å². The Balaban J connectivity index is 1.82. The van der Waals surface area contributed by atoms with E-state index >= 15 is 0 Å². The summed E-state index contributed by atoms with van der Waals surface area (Å²) in [4.78, 5) is 28.5. The summed E-state index contributed by atoms with van der Waals surface area (Å²) in [5.41, 5.74) is 1.50. The van der Waals surface area contributed by atoms with Crippen molar-refractivity contribution in [2.45, 2.75) is 32.7 Å². The molecule has 1 amide bonds. The topological polar surface area (TPSA) is 97.1 Å². The second-order valence-electron chi connectivity index (χ2n) is 7.03. The van der Waals surface area contributed by atoms with E-state index in [0.29, 0.717) is 5.69 Å². The number of thiazole rings is 1. The highest BCUT2D eigenvalue weighted by Crippen LogP contribution is 2.23. The van der Waals surface area contributed by atoms with E-state index in [-0.39, 0.29) is 23.3 Å². The third-order valence-corrected chi connectivity index (χ3v) is 4.73. The zero-order valence-corrected chi connectivity index (χ0v) is 16.1. The fourth-order valence-corrected chi connectivity index (χ4v) is 3.36. The third kappa shape index (κ3) is 4.22. The van der Waals surface area contributed by atoms with Gasteiger partial charge in [-0.05, 0) is 12.1 Å². The van der Waals surface area contributed by atoms with Crippen LogP contribution >= 0.6 is 11.3 Å². The summed E-state index contributed by atoms with van der Waals surface area (Å²) in [5, 5.41) is 18.8. The number of hydrogen-bond donors (Lipinski definition) is 2. The Bertz CT molecular complexity index is 971. The Morgan fingerprint density at radius 1 is 1.22 bits per heavy atom. The van der Waals surface area contributed by atoms with E-state index in [4.69, 9.17) is 0 Å². The maximum Gasteiger partial charge on any atom is 0.356 e. The number of nitrogens with one attached hydrogen (secondary N) is 1. The van der Waals surface area contributed by atoms with E-state index in [1.54, 1.807) is 24.3 Å². The standard InChI is InChI=1S/C19H20N4O3S/c1-19(2,3)15-11-27-16(21-15)10-20-17(24)14-9-13(18(25)26)22-23(14)12-7-5-4-6-8-12/h4-9,11H,10H2,1-3H3,(H,20,24)(H,25,26). The molecule has 0 spiro atoms. The number of amides is 1. The van der Waals surface area contributed by atoms with Gasteiger partial charge in [0, 0.05) is 16.9 Å². The van der Waals surface area contributed by atoms with Crippen LogP contribution in [0.4, 0.5) is 0 Å². The fourth-order valence-electron chi connectivity index (χ4n) is 2.40. The summed E-state index contributed by atoms with van der Waals surface area (Å²) in [5.74, 6) is -1.60. The lowest BCUT2D eigenvalue weighted by Gasteiger charge is -2.14. The molecule has 140 valence electrons. The number of benzene rings is 1. The van der Waals surface area contributed by atoms with Crippen LogP contribution in [-0.2, 0) is 12.0 Å². The van der Waals surface area contributed by atoms with Crippen molar-refractivity contribution in [3.63, 3.8) is 0 Å². The molecule has 8 heteroatoms. The molecule has 27 heavy (non-hydrogen) atoms. The van der Waals surface area contributed by atoms with Crippen LogP contribution in [-0.4, -0.2) is 31.7 Å². The first kappa shape index (κ1) is 18.8. The molecular weight excluding hydrogens is 364 g/mol.